The van der Waals surface area contributed by atoms with Gasteiger partial charge in [-0.25, -0.2) is 0 Å². The van der Waals surface area contributed by atoms with Crippen LogP contribution in [0.25, 0.3) is 0 Å². The molecule has 0 saturated carbocycles. The Morgan fingerprint density at radius 1 is 1.44 bits per heavy atom. The van der Waals surface area contributed by atoms with Gasteiger partial charge in [-0.05, 0) is 25.5 Å². The molecular formula is C13H19NS2. The van der Waals surface area contributed by atoms with Crippen molar-refractivity contribution >= 4 is 23.5 Å². The van der Waals surface area contributed by atoms with Crippen molar-refractivity contribution in [3.63, 3.8) is 0 Å². The van der Waals surface area contributed by atoms with Crippen LogP contribution in [0, 0.1) is 0 Å². The Morgan fingerprint density at radius 3 is 2.94 bits per heavy atom. The van der Waals surface area contributed by atoms with Crippen molar-refractivity contribution in [1.82, 2.24) is 0 Å². The molecule has 0 spiro atoms. The van der Waals surface area contributed by atoms with E-state index in [1.54, 1.807) is 0 Å². The van der Waals surface area contributed by atoms with Gasteiger partial charge in [-0.1, -0.05) is 18.2 Å². The maximum absolute atomic E-state index is 5.99. The van der Waals surface area contributed by atoms with Gasteiger partial charge in [-0.15, -0.1) is 11.8 Å². The second-order valence-electron chi connectivity index (χ2n) is 5.05. The molecule has 0 saturated heterocycles. The second kappa shape index (κ2) is 5.03. The van der Waals surface area contributed by atoms with Crippen LogP contribution in [0.4, 0.5) is 0 Å². The van der Waals surface area contributed by atoms with Crippen LogP contribution >= 0.6 is 23.5 Å². The van der Waals surface area contributed by atoms with Crippen LogP contribution < -0.4 is 5.73 Å². The fourth-order valence-electron chi connectivity index (χ4n) is 1.83. The van der Waals surface area contributed by atoms with Crippen LogP contribution in [0.15, 0.2) is 29.2 Å². The van der Waals surface area contributed by atoms with E-state index in [-0.39, 0.29) is 5.54 Å². The van der Waals surface area contributed by atoms with Crippen LogP contribution in [-0.2, 0) is 0 Å². The molecule has 2 rings (SSSR count). The molecule has 1 aromatic rings. The Hall–Kier alpha value is -0.120. The lowest BCUT2D eigenvalue weighted by Crippen LogP contribution is -2.35. The molecule has 1 aromatic carbocycles. The molecule has 1 heterocycles. The van der Waals surface area contributed by atoms with Gasteiger partial charge in [0.1, 0.15) is 0 Å². The van der Waals surface area contributed by atoms with Crippen LogP contribution in [0.3, 0.4) is 0 Å². The third-order valence-electron chi connectivity index (χ3n) is 2.59. The van der Waals surface area contributed by atoms with Gasteiger partial charge in [0, 0.05) is 33.6 Å². The SMILES string of the molecule is CC(C)(N)CSCC1CSc2ccccc21. The van der Waals surface area contributed by atoms with Gasteiger partial charge in [0.15, 0.2) is 0 Å². The average molecular weight is 253 g/mol. The molecule has 3 heteroatoms. The third-order valence-corrected chi connectivity index (χ3v) is 5.43. The van der Waals surface area contributed by atoms with Crippen molar-refractivity contribution in [2.45, 2.75) is 30.2 Å². The lowest BCUT2D eigenvalue weighted by Gasteiger charge is -2.19. The monoisotopic (exact) mass is 253 g/mol. The normalized spacial score (nSPS) is 19.8. The van der Waals surface area contributed by atoms with Crippen molar-refractivity contribution in [1.29, 1.82) is 0 Å². The number of nitrogens with two attached hydrogens (primary N) is 1. The number of fused-ring (bicyclic) bond motifs is 1. The summed E-state index contributed by atoms with van der Waals surface area (Å²) in [7, 11) is 0. The summed E-state index contributed by atoms with van der Waals surface area (Å²) in [5.41, 5.74) is 7.48. The number of rotatable bonds is 4. The molecule has 0 radical (unpaired) electrons. The Morgan fingerprint density at radius 2 is 2.19 bits per heavy atom. The minimum absolute atomic E-state index is 0.0457. The van der Waals surface area contributed by atoms with Gasteiger partial charge in [0.2, 0.25) is 0 Å². The highest BCUT2D eigenvalue weighted by atomic mass is 32.2. The zero-order valence-electron chi connectivity index (χ0n) is 9.90. The lowest BCUT2D eigenvalue weighted by atomic mass is 10.0. The third kappa shape index (κ3) is 3.19. The van der Waals surface area contributed by atoms with Crippen LogP contribution in [0.2, 0.25) is 0 Å². The van der Waals surface area contributed by atoms with Gasteiger partial charge in [0.05, 0.1) is 0 Å². The van der Waals surface area contributed by atoms with Crippen molar-refractivity contribution < 1.29 is 0 Å². The summed E-state index contributed by atoms with van der Waals surface area (Å²) < 4.78 is 0. The Bertz CT molecular complexity index is 357. The van der Waals surface area contributed by atoms with Crippen LogP contribution in [0.1, 0.15) is 25.3 Å². The van der Waals surface area contributed by atoms with Crippen molar-refractivity contribution in [2.75, 3.05) is 17.3 Å². The van der Waals surface area contributed by atoms with Gasteiger partial charge in [-0.2, -0.15) is 11.8 Å². The molecular weight excluding hydrogens is 234 g/mol. The molecule has 16 heavy (non-hydrogen) atoms. The molecule has 0 aliphatic carbocycles. The maximum atomic E-state index is 5.99. The molecule has 1 aliphatic heterocycles. The second-order valence-corrected chi connectivity index (χ2v) is 7.14. The first kappa shape index (κ1) is 12.3. The highest BCUT2D eigenvalue weighted by molar-refractivity contribution is 8.00. The quantitative estimate of drug-likeness (QED) is 0.891. The lowest BCUT2D eigenvalue weighted by molar-refractivity contribution is 0.591. The van der Waals surface area contributed by atoms with E-state index in [0.29, 0.717) is 5.92 Å². The first-order valence-electron chi connectivity index (χ1n) is 5.64. The predicted molar refractivity (Wildman–Crippen MR) is 75.5 cm³/mol. The van der Waals surface area contributed by atoms with E-state index in [0.717, 1.165) is 5.75 Å². The van der Waals surface area contributed by atoms with Crippen molar-refractivity contribution in [3.8, 4) is 0 Å². The Labute approximate surface area is 107 Å². The molecule has 1 atom stereocenters. The molecule has 1 aliphatic rings. The largest absolute Gasteiger partial charge is 0.325 e. The molecule has 0 bridgehead atoms. The van der Waals surface area contributed by atoms with E-state index in [4.69, 9.17) is 5.73 Å². The summed E-state index contributed by atoms with van der Waals surface area (Å²) in [5, 5.41) is 0. The zero-order chi connectivity index (χ0) is 11.6. The van der Waals surface area contributed by atoms with E-state index in [9.17, 15) is 0 Å². The topological polar surface area (TPSA) is 26.0 Å². The van der Waals surface area contributed by atoms with Gasteiger partial charge >= 0.3 is 0 Å². The van der Waals surface area contributed by atoms with Crippen LogP contribution in [0.5, 0.6) is 0 Å². The fourth-order valence-corrected chi connectivity index (χ4v) is 4.46. The fraction of sp³-hybridized carbons (Fsp3) is 0.538. The first-order chi connectivity index (χ1) is 7.56. The first-order valence-corrected chi connectivity index (χ1v) is 7.79. The molecule has 88 valence electrons. The van der Waals surface area contributed by atoms with Gasteiger partial charge < -0.3 is 5.73 Å². The van der Waals surface area contributed by atoms with Crippen LogP contribution in [-0.4, -0.2) is 22.8 Å². The average Bonchev–Trinajstić information content (AvgIpc) is 2.60. The van der Waals surface area contributed by atoms with E-state index in [1.165, 1.54) is 22.0 Å². The minimum atomic E-state index is -0.0457. The number of hydrogen-bond acceptors (Lipinski definition) is 3. The van der Waals surface area contributed by atoms with E-state index in [1.807, 2.05) is 23.5 Å². The van der Waals surface area contributed by atoms with Gasteiger partial charge in [-0.3, -0.25) is 0 Å². The Balaban J connectivity index is 1.89. The summed E-state index contributed by atoms with van der Waals surface area (Å²) in [6.07, 6.45) is 0. The summed E-state index contributed by atoms with van der Waals surface area (Å²) in [6.45, 7) is 4.19. The summed E-state index contributed by atoms with van der Waals surface area (Å²) in [4.78, 5) is 1.47. The van der Waals surface area contributed by atoms with E-state index < -0.39 is 0 Å². The highest BCUT2D eigenvalue weighted by Gasteiger charge is 2.23. The summed E-state index contributed by atoms with van der Waals surface area (Å²) >= 11 is 3.97. The number of hydrogen-bond donors (Lipinski definition) is 1. The smallest absolute Gasteiger partial charge is 0.0188 e. The number of benzene rings is 1. The Kier molecular flexibility index (Phi) is 3.88. The number of thioether (sulfide) groups is 2. The van der Waals surface area contributed by atoms with Crippen molar-refractivity contribution in [2.24, 2.45) is 5.73 Å². The summed E-state index contributed by atoms with van der Waals surface area (Å²) in [5.74, 6) is 4.19. The molecule has 1 unspecified atom stereocenters. The van der Waals surface area contributed by atoms with Crippen molar-refractivity contribution in [3.05, 3.63) is 29.8 Å². The van der Waals surface area contributed by atoms with E-state index in [2.05, 4.69) is 38.1 Å². The van der Waals surface area contributed by atoms with E-state index >= 15 is 0 Å². The maximum Gasteiger partial charge on any atom is 0.0188 e. The van der Waals surface area contributed by atoms with Gasteiger partial charge in [0.25, 0.3) is 0 Å². The minimum Gasteiger partial charge on any atom is -0.325 e. The molecule has 0 aromatic heterocycles. The predicted octanol–water partition coefficient (Wildman–Crippen LogP) is 3.35. The highest BCUT2D eigenvalue weighted by Crippen LogP contribution is 2.40. The zero-order valence-corrected chi connectivity index (χ0v) is 11.5. The molecule has 0 amide bonds. The molecule has 2 N–H and O–H groups in total. The summed E-state index contributed by atoms with van der Waals surface area (Å²) in [6, 6.07) is 8.78. The standard InChI is InChI=1S/C13H19NS2/c1-13(2,14)9-15-7-10-8-16-12-6-4-3-5-11(10)12/h3-6,10H,7-9,14H2,1-2H3. The molecule has 1 nitrogen and oxygen atoms in total. The molecule has 0 fully saturated rings.